The Bertz CT molecular complexity index is 1290. The van der Waals surface area contributed by atoms with E-state index in [-0.39, 0.29) is 12.4 Å². The summed E-state index contributed by atoms with van der Waals surface area (Å²) in [6.45, 7) is 6.33. The van der Waals surface area contributed by atoms with Gasteiger partial charge in [-0.3, -0.25) is 10.2 Å². The van der Waals surface area contributed by atoms with E-state index in [4.69, 9.17) is 9.47 Å². The van der Waals surface area contributed by atoms with E-state index in [0.29, 0.717) is 17.4 Å². The molecule has 160 valence electrons. The summed E-state index contributed by atoms with van der Waals surface area (Å²) < 4.78 is 10.4. The predicted molar refractivity (Wildman–Crippen MR) is 125 cm³/mol. The number of aromatic nitrogens is 2. The number of benzene rings is 2. The first-order valence-electron chi connectivity index (χ1n) is 9.99. The first-order valence-corrected chi connectivity index (χ1v) is 10.9. The molecule has 0 aliphatic heterocycles. The van der Waals surface area contributed by atoms with Crippen molar-refractivity contribution in [3.05, 3.63) is 52.0 Å². The van der Waals surface area contributed by atoms with E-state index < -0.39 is 0 Å². The van der Waals surface area contributed by atoms with Crippen molar-refractivity contribution in [1.29, 1.82) is 0 Å². The second kappa shape index (κ2) is 8.77. The summed E-state index contributed by atoms with van der Waals surface area (Å²) in [5.41, 5.74) is 9.12. The quantitative estimate of drug-likeness (QED) is 0.243. The van der Waals surface area contributed by atoms with Crippen LogP contribution in [-0.4, -0.2) is 35.9 Å². The van der Waals surface area contributed by atoms with Gasteiger partial charge in [0.25, 0.3) is 0 Å². The number of hydrogen-bond donors (Lipinski definition) is 2. The minimum Gasteiger partial charge on any atom is -0.497 e. The number of carbonyl (C=O) groups excluding carboxylic acids is 1. The van der Waals surface area contributed by atoms with Gasteiger partial charge in [-0.2, -0.15) is 5.10 Å². The molecule has 0 bridgehead atoms. The van der Waals surface area contributed by atoms with Crippen molar-refractivity contribution >= 4 is 50.5 Å². The number of fused-ring (bicyclic) bond motifs is 3. The van der Waals surface area contributed by atoms with Gasteiger partial charge >= 0.3 is 5.97 Å². The zero-order valence-corrected chi connectivity index (χ0v) is 18.7. The molecule has 0 fully saturated rings. The maximum Gasteiger partial charge on any atom is 0.311 e. The van der Waals surface area contributed by atoms with Crippen LogP contribution in [0.5, 0.6) is 5.75 Å². The lowest BCUT2D eigenvalue weighted by atomic mass is 9.99. The summed E-state index contributed by atoms with van der Waals surface area (Å²) in [5, 5.41) is 9.12. The SMILES string of the molecule is CCOC(=O)Cc1csc(NN=Cc2cc(C)c3[nH]c4ccc(OC)cc4c3c2C)n1. The van der Waals surface area contributed by atoms with Crippen LogP contribution >= 0.6 is 11.3 Å². The van der Waals surface area contributed by atoms with Crippen molar-refractivity contribution in [2.24, 2.45) is 5.10 Å². The number of aryl methyl sites for hydroxylation is 2. The molecule has 8 heteroatoms. The zero-order valence-electron chi connectivity index (χ0n) is 17.9. The lowest BCUT2D eigenvalue weighted by Gasteiger charge is -2.06. The Hall–Kier alpha value is -3.39. The number of ether oxygens (including phenoxy) is 2. The zero-order chi connectivity index (χ0) is 22.0. The fourth-order valence-electron chi connectivity index (χ4n) is 3.63. The lowest BCUT2D eigenvalue weighted by molar-refractivity contribution is -0.142. The third kappa shape index (κ3) is 4.25. The largest absolute Gasteiger partial charge is 0.497 e. The van der Waals surface area contributed by atoms with Crippen LogP contribution in [0.15, 0.2) is 34.7 Å². The Morgan fingerprint density at radius 2 is 2.16 bits per heavy atom. The molecular weight excluding hydrogens is 412 g/mol. The smallest absolute Gasteiger partial charge is 0.311 e. The monoisotopic (exact) mass is 436 g/mol. The summed E-state index contributed by atoms with van der Waals surface area (Å²) >= 11 is 1.40. The third-order valence-electron chi connectivity index (χ3n) is 5.13. The molecule has 7 nitrogen and oxygen atoms in total. The molecule has 0 aliphatic rings. The first-order chi connectivity index (χ1) is 15.0. The molecule has 0 saturated heterocycles. The highest BCUT2D eigenvalue weighted by molar-refractivity contribution is 7.13. The standard InChI is InChI=1S/C23H24N4O3S/c1-5-30-20(28)9-16-12-31-23(25-16)27-24-11-15-8-13(2)22-21(14(15)3)18-10-17(29-4)6-7-19(18)26-22/h6-8,10-12,26H,5,9H2,1-4H3,(H,25,27). The third-order valence-corrected chi connectivity index (χ3v) is 5.92. The van der Waals surface area contributed by atoms with Crippen LogP contribution in [0.1, 0.15) is 29.3 Å². The number of esters is 1. The van der Waals surface area contributed by atoms with E-state index in [2.05, 4.69) is 46.5 Å². The van der Waals surface area contributed by atoms with E-state index in [1.54, 1.807) is 20.2 Å². The Balaban J connectivity index is 1.59. The van der Waals surface area contributed by atoms with Gasteiger partial charge in [-0.25, -0.2) is 4.98 Å². The molecule has 2 aromatic carbocycles. The maximum absolute atomic E-state index is 11.6. The van der Waals surface area contributed by atoms with Crippen molar-refractivity contribution in [3.8, 4) is 5.75 Å². The number of methoxy groups -OCH3 is 1. The highest BCUT2D eigenvalue weighted by Gasteiger charge is 2.13. The normalized spacial score (nSPS) is 11.5. The molecule has 2 heterocycles. The van der Waals surface area contributed by atoms with Gasteiger partial charge in [0.2, 0.25) is 5.13 Å². The highest BCUT2D eigenvalue weighted by atomic mass is 32.1. The van der Waals surface area contributed by atoms with Crippen LogP contribution in [0.25, 0.3) is 21.8 Å². The minimum atomic E-state index is -0.280. The van der Waals surface area contributed by atoms with E-state index in [9.17, 15) is 4.79 Å². The second-order valence-corrected chi connectivity index (χ2v) is 8.05. The van der Waals surface area contributed by atoms with Crippen LogP contribution in [0.2, 0.25) is 0 Å². The summed E-state index contributed by atoms with van der Waals surface area (Å²) in [6, 6.07) is 8.17. The van der Waals surface area contributed by atoms with Crippen LogP contribution in [0.3, 0.4) is 0 Å². The highest BCUT2D eigenvalue weighted by Crippen LogP contribution is 2.34. The average molecular weight is 437 g/mol. The summed E-state index contributed by atoms with van der Waals surface area (Å²) in [4.78, 5) is 19.5. The number of hydrogen-bond acceptors (Lipinski definition) is 7. The van der Waals surface area contributed by atoms with E-state index >= 15 is 0 Å². The molecule has 4 aromatic rings. The molecule has 4 rings (SSSR count). The number of thiazole rings is 1. The number of H-pyrrole nitrogens is 1. The summed E-state index contributed by atoms with van der Waals surface area (Å²) in [5.74, 6) is 0.547. The summed E-state index contributed by atoms with van der Waals surface area (Å²) in [7, 11) is 1.68. The second-order valence-electron chi connectivity index (χ2n) is 7.19. The minimum absolute atomic E-state index is 0.161. The number of anilines is 1. The Labute approximate surface area is 184 Å². The van der Waals surface area contributed by atoms with Crippen LogP contribution in [0, 0.1) is 13.8 Å². The van der Waals surface area contributed by atoms with Gasteiger partial charge in [0.1, 0.15) is 5.75 Å². The number of hydrazone groups is 1. The van der Waals surface area contributed by atoms with Crippen LogP contribution in [-0.2, 0) is 16.0 Å². The molecule has 0 saturated carbocycles. The number of carbonyl (C=O) groups is 1. The van der Waals surface area contributed by atoms with Crippen LogP contribution < -0.4 is 10.2 Å². The maximum atomic E-state index is 11.6. The van der Waals surface area contributed by atoms with E-state index in [1.165, 1.54) is 16.7 Å². The molecule has 0 aliphatic carbocycles. The number of nitrogens with one attached hydrogen (secondary N) is 2. The van der Waals surface area contributed by atoms with Crippen LogP contribution in [0.4, 0.5) is 5.13 Å². The molecule has 0 spiro atoms. The fraction of sp³-hybridized carbons (Fsp3) is 0.261. The van der Waals surface area contributed by atoms with Gasteiger partial charge in [-0.1, -0.05) is 0 Å². The number of aromatic amines is 1. The lowest BCUT2D eigenvalue weighted by Crippen LogP contribution is -2.07. The van der Waals surface area contributed by atoms with Crippen molar-refractivity contribution < 1.29 is 14.3 Å². The van der Waals surface area contributed by atoms with Gasteiger partial charge in [0.05, 0.1) is 32.0 Å². The topological polar surface area (TPSA) is 88.6 Å². The van der Waals surface area contributed by atoms with Crippen molar-refractivity contribution in [1.82, 2.24) is 9.97 Å². The van der Waals surface area contributed by atoms with Crippen molar-refractivity contribution in [3.63, 3.8) is 0 Å². The van der Waals surface area contributed by atoms with Gasteiger partial charge in [0.15, 0.2) is 0 Å². The molecule has 0 radical (unpaired) electrons. The fourth-order valence-corrected chi connectivity index (χ4v) is 4.29. The van der Waals surface area contributed by atoms with Gasteiger partial charge in [-0.05, 0) is 61.7 Å². The molecular formula is C23H24N4O3S. The molecule has 2 N–H and O–H groups in total. The van der Waals surface area contributed by atoms with Crippen molar-refractivity contribution in [2.45, 2.75) is 27.2 Å². The van der Waals surface area contributed by atoms with Crippen molar-refractivity contribution in [2.75, 3.05) is 19.1 Å². The number of nitrogens with zero attached hydrogens (tertiary/aromatic N) is 2. The van der Waals surface area contributed by atoms with Gasteiger partial charge in [-0.15, -0.1) is 11.3 Å². The van der Waals surface area contributed by atoms with Gasteiger partial charge < -0.3 is 14.5 Å². The average Bonchev–Trinajstić information content (AvgIpc) is 3.35. The Kier molecular flexibility index (Phi) is 5.90. The van der Waals surface area contributed by atoms with E-state index in [1.807, 2.05) is 17.5 Å². The summed E-state index contributed by atoms with van der Waals surface area (Å²) in [6.07, 6.45) is 1.96. The molecule has 31 heavy (non-hydrogen) atoms. The van der Waals surface area contributed by atoms with Gasteiger partial charge in [0, 0.05) is 27.2 Å². The first kappa shape index (κ1) is 20.9. The Morgan fingerprint density at radius 1 is 1.32 bits per heavy atom. The molecule has 2 aromatic heterocycles. The molecule has 0 unspecified atom stereocenters. The predicted octanol–water partition coefficient (Wildman–Crippen LogP) is 4.95. The van der Waals surface area contributed by atoms with E-state index in [0.717, 1.165) is 38.9 Å². The molecule has 0 amide bonds. The number of rotatable bonds is 7. The molecule has 0 atom stereocenters. The Morgan fingerprint density at radius 3 is 2.94 bits per heavy atom.